The molecule has 0 aromatic heterocycles. The van der Waals surface area contributed by atoms with Gasteiger partial charge in [0.2, 0.25) is 0 Å². The summed E-state index contributed by atoms with van der Waals surface area (Å²) in [6, 6.07) is 6.97. The van der Waals surface area contributed by atoms with Gasteiger partial charge in [0, 0.05) is 12.7 Å². The lowest BCUT2D eigenvalue weighted by molar-refractivity contribution is 0.358. The number of benzene rings is 1. The van der Waals surface area contributed by atoms with Crippen LogP contribution in [0.3, 0.4) is 0 Å². The van der Waals surface area contributed by atoms with E-state index in [1.54, 1.807) is 19.2 Å². The maximum atomic E-state index is 12.6. The molecular formula is C16H23NO2S. The van der Waals surface area contributed by atoms with Crippen LogP contribution in [-0.2, 0) is 10.0 Å². The molecule has 4 heteroatoms. The van der Waals surface area contributed by atoms with Crippen LogP contribution in [0.15, 0.2) is 41.4 Å². The fraction of sp³-hybridized carbons (Fsp3) is 0.500. The first-order chi connectivity index (χ1) is 9.43. The van der Waals surface area contributed by atoms with Crippen molar-refractivity contribution in [3.8, 4) is 0 Å². The van der Waals surface area contributed by atoms with E-state index in [4.69, 9.17) is 0 Å². The largest absolute Gasteiger partial charge is 0.274 e. The molecule has 0 saturated heterocycles. The highest BCUT2D eigenvalue weighted by molar-refractivity contribution is 7.89. The van der Waals surface area contributed by atoms with Gasteiger partial charge in [-0.3, -0.25) is 4.31 Å². The second-order valence-electron chi connectivity index (χ2n) is 5.61. The Balaban J connectivity index is 2.20. The van der Waals surface area contributed by atoms with Gasteiger partial charge < -0.3 is 0 Å². The van der Waals surface area contributed by atoms with Gasteiger partial charge in [0.25, 0.3) is 10.0 Å². The van der Waals surface area contributed by atoms with E-state index in [0.29, 0.717) is 10.8 Å². The Bertz CT molecular complexity index is 569. The quantitative estimate of drug-likeness (QED) is 0.848. The molecule has 2 rings (SSSR count). The normalized spacial score (nSPS) is 16.9. The molecule has 1 aromatic rings. The van der Waals surface area contributed by atoms with Crippen molar-refractivity contribution in [1.29, 1.82) is 0 Å². The maximum absolute atomic E-state index is 12.6. The van der Waals surface area contributed by atoms with Crippen LogP contribution < -0.4 is 0 Å². The first-order valence-corrected chi connectivity index (χ1v) is 8.61. The summed E-state index contributed by atoms with van der Waals surface area (Å²) in [5, 5.41) is 0. The third-order valence-corrected chi connectivity index (χ3v) is 5.98. The minimum absolute atomic E-state index is 0.300. The molecule has 0 unspecified atom stereocenters. The van der Waals surface area contributed by atoms with E-state index in [1.165, 1.54) is 23.6 Å². The van der Waals surface area contributed by atoms with Gasteiger partial charge in [-0.1, -0.05) is 43.5 Å². The molecule has 0 N–H and O–H groups in total. The standard InChI is InChI=1S/C16H23NO2S/c1-13-9-11-16(12-10-13)20(18,19)17(3)14(2)15-7-5-4-6-8-15/h9-12,15H,2,4-8H2,1,3H3. The van der Waals surface area contributed by atoms with Gasteiger partial charge in [-0.05, 0) is 37.8 Å². The summed E-state index contributed by atoms with van der Waals surface area (Å²) < 4.78 is 26.6. The summed E-state index contributed by atoms with van der Waals surface area (Å²) in [5.41, 5.74) is 1.78. The molecule has 3 nitrogen and oxygen atoms in total. The van der Waals surface area contributed by atoms with Gasteiger partial charge in [-0.15, -0.1) is 0 Å². The highest BCUT2D eigenvalue weighted by Gasteiger charge is 2.27. The Morgan fingerprint density at radius 3 is 2.25 bits per heavy atom. The zero-order valence-electron chi connectivity index (χ0n) is 12.3. The predicted octanol–water partition coefficient (Wildman–Crippen LogP) is 3.71. The number of sulfonamides is 1. The Hall–Kier alpha value is -1.29. The SMILES string of the molecule is C=C(C1CCCCC1)N(C)S(=O)(=O)c1ccc(C)cc1. The van der Waals surface area contributed by atoms with E-state index in [2.05, 4.69) is 6.58 Å². The first kappa shape index (κ1) is 15.1. The van der Waals surface area contributed by atoms with Gasteiger partial charge in [0.1, 0.15) is 0 Å². The molecule has 1 saturated carbocycles. The minimum Gasteiger partial charge on any atom is -0.274 e. The van der Waals surface area contributed by atoms with Crippen molar-refractivity contribution >= 4 is 10.0 Å². The number of hydrogen-bond donors (Lipinski definition) is 0. The number of hydrogen-bond acceptors (Lipinski definition) is 2. The molecule has 0 bridgehead atoms. The molecule has 110 valence electrons. The fourth-order valence-electron chi connectivity index (χ4n) is 2.72. The van der Waals surface area contributed by atoms with E-state index in [0.717, 1.165) is 24.1 Å². The van der Waals surface area contributed by atoms with Gasteiger partial charge >= 0.3 is 0 Å². The lowest BCUT2D eigenvalue weighted by atomic mass is 9.87. The monoisotopic (exact) mass is 293 g/mol. The summed E-state index contributed by atoms with van der Waals surface area (Å²) in [6.07, 6.45) is 5.68. The van der Waals surface area contributed by atoms with Crippen LogP contribution in [0.2, 0.25) is 0 Å². The van der Waals surface area contributed by atoms with E-state index in [-0.39, 0.29) is 0 Å². The van der Waals surface area contributed by atoms with Crippen LogP contribution >= 0.6 is 0 Å². The predicted molar refractivity (Wildman–Crippen MR) is 81.8 cm³/mol. The lowest BCUT2D eigenvalue weighted by Gasteiger charge is -2.30. The Kier molecular flexibility index (Phi) is 4.53. The molecule has 1 aliphatic carbocycles. The molecule has 1 aliphatic rings. The zero-order valence-corrected chi connectivity index (χ0v) is 13.1. The maximum Gasteiger partial charge on any atom is 0.263 e. The summed E-state index contributed by atoms with van der Waals surface area (Å²) in [6.45, 7) is 5.98. The molecule has 1 aromatic carbocycles. The van der Waals surface area contributed by atoms with Crippen molar-refractivity contribution in [1.82, 2.24) is 4.31 Å². The Morgan fingerprint density at radius 1 is 1.15 bits per heavy atom. The third-order valence-electron chi connectivity index (χ3n) is 4.16. The Labute approximate surface area is 122 Å². The van der Waals surface area contributed by atoms with Crippen molar-refractivity contribution in [2.45, 2.75) is 43.9 Å². The van der Waals surface area contributed by atoms with Crippen LogP contribution in [0.25, 0.3) is 0 Å². The second-order valence-corrected chi connectivity index (χ2v) is 7.58. The van der Waals surface area contributed by atoms with Crippen LogP contribution in [0.1, 0.15) is 37.7 Å². The smallest absolute Gasteiger partial charge is 0.263 e. The van der Waals surface area contributed by atoms with Crippen molar-refractivity contribution in [2.24, 2.45) is 5.92 Å². The van der Waals surface area contributed by atoms with Crippen LogP contribution in [0, 0.1) is 12.8 Å². The van der Waals surface area contributed by atoms with E-state index in [1.807, 2.05) is 19.1 Å². The highest BCUT2D eigenvalue weighted by Crippen LogP contribution is 2.32. The number of rotatable bonds is 4. The van der Waals surface area contributed by atoms with Crippen molar-refractivity contribution < 1.29 is 8.42 Å². The van der Waals surface area contributed by atoms with Gasteiger partial charge in [0.15, 0.2) is 0 Å². The summed E-state index contributed by atoms with van der Waals surface area (Å²) in [7, 11) is -1.85. The van der Waals surface area contributed by atoms with E-state index >= 15 is 0 Å². The molecule has 0 radical (unpaired) electrons. The molecule has 0 heterocycles. The molecule has 0 spiro atoms. The van der Waals surface area contributed by atoms with E-state index in [9.17, 15) is 8.42 Å². The zero-order chi connectivity index (χ0) is 14.8. The average Bonchev–Trinajstić information content (AvgIpc) is 2.47. The van der Waals surface area contributed by atoms with Gasteiger partial charge in [-0.25, -0.2) is 8.42 Å². The molecule has 0 aliphatic heterocycles. The number of aryl methyl sites for hydroxylation is 1. The van der Waals surface area contributed by atoms with Gasteiger partial charge in [0.05, 0.1) is 4.90 Å². The van der Waals surface area contributed by atoms with Crippen LogP contribution in [-0.4, -0.2) is 19.8 Å². The molecule has 1 fully saturated rings. The van der Waals surface area contributed by atoms with E-state index < -0.39 is 10.0 Å². The molecule has 20 heavy (non-hydrogen) atoms. The van der Waals surface area contributed by atoms with Gasteiger partial charge in [-0.2, -0.15) is 0 Å². The summed E-state index contributed by atoms with van der Waals surface area (Å²) in [4.78, 5) is 0.336. The lowest BCUT2D eigenvalue weighted by Crippen LogP contribution is -2.30. The Morgan fingerprint density at radius 2 is 1.70 bits per heavy atom. The first-order valence-electron chi connectivity index (χ1n) is 7.17. The summed E-state index contributed by atoms with van der Waals surface area (Å²) >= 11 is 0. The fourth-order valence-corrected chi connectivity index (χ4v) is 3.97. The number of nitrogens with zero attached hydrogens (tertiary/aromatic N) is 1. The molecular weight excluding hydrogens is 270 g/mol. The topological polar surface area (TPSA) is 37.4 Å². The molecule has 0 amide bonds. The van der Waals surface area contributed by atoms with Crippen LogP contribution in [0.4, 0.5) is 0 Å². The average molecular weight is 293 g/mol. The van der Waals surface area contributed by atoms with Crippen LogP contribution in [0.5, 0.6) is 0 Å². The minimum atomic E-state index is -3.47. The third kappa shape index (κ3) is 3.06. The van der Waals surface area contributed by atoms with Crippen molar-refractivity contribution in [3.05, 3.63) is 42.1 Å². The molecule has 0 atom stereocenters. The summed E-state index contributed by atoms with van der Waals surface area (Å²) in [5.74, 6) is 0.300. The van der Waals surface area contributed by atoms with Crippen molar-refractivity contribution in [3.63, 3.8) is 0 Å². The number of allylic oxidation sites excluding steroid dienone is 1. The highest BCUT2D eigenvalue weighted by atomic mass is 32.2. The second kappa shape index (κ2) is 6.00. The van der Waals surface area contributed by atoms with Crippen molar-refractivity contribution in [2.75, 3.05) is 7.05 Å².